The van der Waals surface area contributed by atoms with Crippen molar-refractivity contribution in [2.24, 2.45) is 0 Å². The van der Waals surface area contributed by atoms with E-state index in [-0.39, 0.29) is 11.0 Å². The highest BCUT2D eigenvalue weighted by Gasteiger charge is 2.67. The van der Waals surface area contributed by atoms with Gasteiger partial charge in [0.05, 0.1) is 6.61 Å². The van der Waals surface area contributed by atoms with Crippen LogP contribution >= 0.6 is 0 Å². The first-order valence-corrected chi connectivity index (χ1v) is 8.16. The highest BCUT2D eigenvalue weighted by molar-refractivity contribution is 7.86. The molecule has 1 amide bonds. The number of carbonyl (C=O) groups is 2. The van der Waals surface area contributed by atoms with Crippen LogP contribution in [0.5, 0.6) is 0 Å². The molecule has 0 fully saturated rings. The lowest BCUT2D eigenvalue weighted by Crippen LogP contribution is -2.61. The van der Waals surface area contributed by atoms with E-state index in [1.54, 1.807) is 0 Å². The third-order valence-electron chi connectivity index (χ3n) is 2.93. The van der Waals surface area contributed by atoms with Crippen molar-refractivity contribution in [1.29, 1.82) is 0 Å². The Morgan fingerprint density at radius 2 is 1.57 bits per heavy atom. The lowest BCUT2D eigenvalue weighted by molar-refractivity contribution is -0.352. The van der Waals surface area contributed by atoms with Gasteiger partial charge in [-0.1, -0.05) is 6.58 Å². The molecule has 0 saturated heterocycles. The third-order valence-corrected chi connectivity index (χ3v) is 3.86. The second-order valence-electron chi connectivity index (χ2n) is 5.21. The first-order chi connectivity index (χ1) is 12.3. The fourth-order valence-electron chi connectivity index (χ4n) is 1.52. The fraction of sp³-hybridized carbons (Fsp3) is 0.667. The summed E-state index contributed by atoms with van der Waals surface area (Å²) in [7, 11) is -5.42. The number of amides is 1. The summed E-state index contributed by atoms with van der Waals surface area (Å²) in [6.45, 7) is 0.699. The van der Waals surface area contributed by atoms with Crippen LogP contribution in [0.1, 0.15) is 6.42 Å². The van der Waals surface area contributed by atoms with E-state index in [9.17, 15) is 53.3 Å². The highest BCUT2D eigenvalue weighted by atomic mass is 32.2. The van der Waals surface area contributed by atoms with Crippen LogP contribution < -0.4 is 0 Å². The van der Waals surface area contributed by atoms with E-state index in [2.05, 4.69) is 16.1 Å². The topological polar surface area (TPSA) is 113 Å². The van der Waals surface area contributed by atoms with Crippen molar-refractivity contribution in [1.82, 2.24) is 4.90 Å². The summed E-state index contributed by atoms with van der Waals surface area (Å²) in [5.41, 5.74) is 0. The number of ether oxygens (including phenoxy) is 2. The van der Waals surface area contributed by atoms with Crippen LogP contribution in [0.4, 0.5) is 30.7 Å². The van der Waals surface area contributed by atoms with Crippen molar-refractivity contribution in [3.63, 3.8) is 0 Å². The average Bonchev–Trinajstić information content (AvgIpc) is 2.50. The zero-order valence-corrected chi connectivity index (χ0v) is 14.9. The molecule has 0 saturated carbocycles. The largest absolute Gasteiger partial charge is 0.743 e. The maximum Gasteiger partial charge on any atom is 0.466 e. The van der Waals surface area contributed by atoms with E-state index in [0.717, 1.165) is 14.1 Å². The van der Waals surface area contributed by atoms with Gasteiger partial charge < -0.3 is 18.9 Å². The van der Waals surface area contributed by atoms with Gasteiger partial charge >= 0.3 is 35.0 Å². The van der Waals surface area contributed by atoms with Crippen molar-refractivity contribution < 1.29 is 62.8 Å². The molecule has 0 aromatic heterocycles. The molecule has 0 aromatic rings. The smallest absolute Gasteiger partial charge is 0.466 e. The Morgan fingerprint density at radius 1 is 1.11 bits per heavy atom. The van der Waals surface area contributed by atoms with Gasteiger partial charge in [0, 0.05) is 26.6 Å². The summed E-state index contributed by atoms with van der Waals surface area (Å²) in [6, 6.07) is 0. The lowest BCUT2D eigenvalue weighted by Gasteiger charge is -2.35. The van der Waals surface area contributed by atoms with Gasteiger partial charge in [0.25, 0.3) is 0 Å². The SMILES string of the molecule is C=CC(=O)OC(OCCC(F)(F)C(F)(F)S(=O)(=O)[O-])(C(=O)N(C)C)C(F)(F)F. The number of hydrogen-bond acceptors (Lipinski definition) is 7. The van der Waals surface area contributed by atoms with E-state index >= 15 is 0 Å². The minimum atomic E-state index is -6.89. The summed E-state index contributed by atoms with van der Waals surface area (Å²) in [6.07, 6.45) is -8.17. The molecule has 0 heterocycles. The first kappa shape index (κ1) is 26.1. The fourth-order valence-corrected chi connectivity index (χ4v) is 1.99. The number of hydrogen-bond donors (Lipinski definition) is 0. The second-order valence-corrected chi connectivity index (χ2v) is 6.63. The number of esters is 1. The molecule has 8 nitrogen and oxygen atoms in total. The van der Waals surface area contributed by atoms with Gasteiger partial charge in [0.1, 0.15) is 0 Å². The predicted octanol–water partition coefficient (Wildman–Crippen LogP) is 1.24. The van der Waals surface area contributed by atoms with Crippen molar-refractivity contribution in [3.05, 3.63) is 12.7 Å². The molecule has 0 N–H and O–H groups in total. The maximum absolute atomic E-state index is 13.4. The van der Waals surface area contributed by atoms with Crippen molar-refractivity contribution in [2.75, 3.05) is 20.7 Å². The molecule has 0 aliphatic heterocycles. The Balaban J connectivity index is 5.91. The monoisotopic (exact) mass is 448 g/mol. The van der Waals surface area contributed by atoms with Crippen LogP contribution in [0, 0.1) is 0 Å². The molecule has 1 unspecified atom stereocenters. The summed E-state index contributed by atoms with van der Waals surface area (Å²) >= 11 is 0. The number of nitrogens with zero attached hydrogens (tertiary/aromatic N) is 1. The quantitative estimate of drug-likeness (QED) is 0.172. The van der Waals surface area contributed by atoms with Crippen LogP contribution in [-0.2, 0) is 29.2 Å². The molecule has 16 heteroatoms. The second kappa shape index (κ2) is 8.20. The number of alkyl halides is 7. The molecule has 1 atom stereocenters. The molecule has 164 valence electrons. The molecule has 0 radical (unpaired) electrons. The Bertz CT molecular complexity index is 720. The van der Waals surface area contributed by atoms with Crippen molar-refractivity contribution in [2.45, 2.75) is 29.6 Å². The number of carbonyl (C=O) groups excluding carboxylic acids is 2. The molecule has 0 bridgehead atoms. The summed E-state index contributed by atoms with van der Waals surface area (Å²) in [4.78, 5) is 23.2. The van der Waals surface area contributed by atoms with Gasteiger partial charge in [-0.15, -0.1) is 0 Å². The van der Waals surface area contributed by atoms with Crippen LogP contribution in [0.25, 0.3) is 0 Å². The molecule has 0 aromatic carbocycles. The van der Waals surface area contributed by atoms with Crippen LogP contribution in [0.2, 0.25) is 0 Å². The van der Waals surface area contributed by atoms with Crippen molar-refractivity contribution in [3.8, 4) is 0 Å². The maximum atomic E-state index is 13.4. The van der Waals surface area contributed by atoms with E-state index in [4.69, 9.17) is 0 Å². The van der Waals surface area contributed by atoms with E-state index in [0.29, 0.717) is 0 Å². The first-order valence-electron chi connectivity index (χ1n) is 6.75. The zero-order valence-electron chi connectivity index (χ0n) is 14.1. The molecule has 0 rings (SSSR count). The predicted molar refractivity (Wildman–Crippen MR) is 73.9 cm³/mol. The Kier molecular flexibility index (Phi) is 7.63. The van der Waals surface area contributed by atoms with Gasteiger partial charge in [0.2, 0.25) is 0 Å². The normalized spacial score (nSPS) is 15.5. The van der Waals surface area contributed by atoms with E-state index < -0.39 is 58.2 Å². The van der Waals surface area contributed by atoms with Gasteiger partial charge in [-0.25, -0.2) is 13.2 Å². The molecule has 0 spiro atoms. The van der Waals surface area contributed by atoms with Gasteiger partial charge in [0.15, 0.2) is 10.1 Å². The van der Waals surface area contributed by atoms with Crippen LogP contribution in [-0.4, -0.2) is 73.6 Å². The third kappa shape index (κ3) is 5.11. The minimum absolute atomic E-state index is 0.166. The van der Waals surface area contributed by atoms with Gasteiger partial charge in [-0.3, -0.25) is 4.79 Å². The Morgan fingerprint density at radius 3 is 1.89 bits per heavy atom. The van der Waals surface area contributed by atoms with Gasteiger partial charge in [-0.2, -0.15) is 30.7 Å². The molecule has 0 aliphatic carbocycles. The highest BCUT2D eigenvalue weighted by Crippen LogP contribution is 2.42. The minimum Gasteiger partial charge on any atom is -0.743 e. The molecule has 0 aliphatic rings. The Hall–Kier alpha value is -1.94. The summed E-state index contributed by atoms with van der Waals surface area (Å²) in [5.74, 6) is -14.2. The lowest BCUT2D eigenvalue weighted by atomic mass is 10.2. The van der Waals surface area contributed by atoms with Crippen LogP contribution in [0.3, 0.4) is 0 Å². The summed E-state index contributed by atoms with van der Waals surface area (Å²) in [5, 5.41) is -6.19. The van der Waals surface area contributed by atoms with Gasteiger partial charge in [-0.05, 0) is 0 Å². The molecular formula is C12H13F7NO7S-. The van der Waals surface area contributed by atoms with Crippen LogP contribution in [0.15, 0.2) is 12.7 Å². The number of likely N-dealkylation sites (N-methyl/N-ethyl adjacent to an activating group) is 1. The van der Waals surface area contributed by atoms with E-state index in [1.807, 2.05) is 0 Å². The average molecular weight is 448 g/mol. The Labute approximate surface area is 153 Å². The molecular weight excluding hydrogens is 435 g/mol. The summed E-state index contributed by atoms with van der Waals surface area (Å²) < 4.78 is 131. The number of halogens is 7. The van der Waals surface area contributed by atoms with E-state index in [1.165, 1.54) is 0 Å². The standard InChI is InChI=1S/C12H14F7NO7S/c1-4-7(21)27-10(11(15,16)17,8(22)20(2)3)26-6-5-9(13,14)12(18,19)28(23,24)25/h4H,1,5-6H2,2-3H3,(H,23,24,25)/p-1. The number of rotatable bonds is 9. The zero-order chi connectivity index (χ0) is 22.8. The van der Waals surface area contributed by atoms with Crippen molar-refractivity contribution >= 4 is 22.0 Å². The molecule has 28 heavy (non-hydrogen) atoms.